The molecule has 1 nitrogen and oxygen atoms in total. The highest BCUT2D eigenvalue weighted by molar-refractivity contribution is 14.1. The maximum Gasteiger partial charge on any atom is 0.137 e. The van der Waals surface area contributed by atoms with E-state index >= 15 is 0 Å². The third kappa shape index (κ3) is 3.34. The predicted octanol–water partition coefficient (Wildman–Crippen LogP) is 5.18. The summed E-state index contributed by atoms with van der Waals surface area (Å²) in [6.07, 6.45) is -1.23. The van der Waals surface area contributed by atoms with Gasteiger partial charge in [-0.2, -0.15) is 0 Å². The zero-order chi connectivity index (χ0) is 14.2. The molecule has 0 spiro atoms. The van der Waals surface area contributed by atoms with Crippen LogP contribution in [0, 0.1) is 15.2 Å². The zero-order valence-electron chi connectivity index (χ0n) is 9.30. The van der Waals surface area contributed by atoms with Crippen molar-refractivity contribution in [1.29, 1.82) is 0 Å². The molecule has 0 aliphatic carbocycles. The third-order valence-corrected chi connectivity index (χ3v) is 4.59. The molecule has 1 N–H and O–H groups in total. The Morgan fingerprint density at radius 3 is 2.32 bits per heavy atom. The van der Waals surface area contributed by atoms with Crippen molar-refractivity contribution in [1.82, 2.24) is 0 Å². The molecule has 0 aliphatic heterocycles. The van der Waals surface area contributed by atoms with Crippen molar-refractivity contribution in [2.24, 2.45) is 0 Å². The SMILES string of the molecule is OC(c1cc(F)c(Br)cc1F)c1cc(I)ccc1Br. The molecule has 0 aliphatic rings. The fourth-order valence-corrected chi connectivity index (χ4v) is 2.93. The van der Waals surface area contributed by atoms with Gasteiger partial charge in [-0.1, -0.05) is 15.9 Å². The summed E-state index contributed by atoms with van der Waals surface area (Å²) < 4.78 is 28.9. The quantitative estimate of drug-likeness (QED) is 0.442. The number of aliphatic hydroxyl groups excluding tert-OH is 1. The van der Waals surface area contributed by atoms with Gasteiger partial charge in [0.25, 0.3) is 0 Å². The first-order chi connectivity index (χ1) is 8.90. The van der Waals surface area contributed by atoms with Crippen molar-refractivity contribution in [3.63, 3.8) is 0 Å². The van der Waals surface area contributed by atoms with Crippen LogP contribution >= 0.6 is 54.5 Å². The monoisotopic (exact) mass is 502 g/mol. The summed E-state index contributed by atoms with van der Waals surface area (Å²) >= 11 is 8.29. The van der Waals surface area contributed by atoms with Crippen molar-refractivity contribution in [3.05, 3.63) is 65.6 Å². The molecule has 2 aromatic rings. The van der Waals surface area contributed by atoms with E-state index < -0.39 is 17.7 Å². The maximum atomic E-state index is 13.8. The highest BCUT2D eigenvalue weighted by Crippen LogP contribution is 2.33. The average molecular weight is 504 g/mol. The first-order valence-corrected chi connectivity index (χ1v) is 7.84. The van der Waals surface area contributed by atoms with E-state index in [-0.39, 0.29) is 10.0 Å². The number of halogens is 5. The fourth-order valence-electron chi connectivity index (χ4n) is 1.64. The van der Waals surface area contributed by atoms with Gasteiger partial charge in [0.05, 0.1) is 4.47 Å². The molecule has 0 fully saturated rings. The molecular formula is C13H7Br2F2IO. The van der Waals surface area contributed by atoms with Crippen molar-refractivity contribution in [2.45, 2.75) is 6.10 Å². The number of aliphatic hydroxyl groups is 1. The molecule has 1 unspecified atom stereocenters. The fraction of sp³-hybridized carbons (Fsp3) is 0.0769. The molecule has 0 saturated carbocycles. The van der Waals surface area contributed by atoms with Gasteiger partial charge in [0.1, 0.15) is 17.7 Å². The van der Waals surface area contributed by atoms with E-state index in [2.05, 4.69) is 54.5 Å². The summed E-state index contributed by atoms with van der Waals surface area (Å²) in [6.45, 7) is 0. The van der Waals surface area contributed by atoms with Crippen LogP contribution in [-0.4, -0.2) is 5.11 Å². The normalized spacial score (nSPS) is 12.5. The minimum atomic E-state index is -1.23. The molecule has 2 aromatic carbocycles. The molecule has 100 valence electrons. The van der Waals surface area contributed by atoms with Gasteiger partial charge in [0.15, 0.2) is 0 Å². The Kier molecular flexibility index (Phi) is 4.97. The number of benzene rings is 2. The topological polar surface area (TPSA) is 20.2 Å². The van der Waals surface area contributed by atoms with Crippen LogP contribution in [0.4, 0.5) is 8.78 Å². The van der Waals surface area contributed by atoms with Crippen LogP contribution < -0.4 is 0 Å². The van der Waals surface area contributed by atoms with Gasteiger partial charge in [0.2, 0.25) is 0 Å². The summed E-state index contributed by atoms with van der Waals surface area (Å²) in [4.78, 5) is 0. The average Bonchev–Trinajstić information content (AvgIpc) is 2.36. The number of hydrogen-bond acceptors (Lipinski definition) is 1. The van der Waals surface area contributed by atoms with E-state index in [9.17, 15) is 13.9 Å². The Labute approximate surface area is 139 Å². The summed E-state index contributed by atoms with van der Waals surface area (Å²) in [5.74, 6) is -1.27. The van der Waals surface area contributed by atoms with Crippen LogP contribution in [0.25, 0.3) is 0 Å². The van der Waals surface area contributed by atoms with Crippen molar-refractivity contribution in [3.8, 4) is 0 Å². The van der Waals surface area contributed by atoms with E-state index in [1.54, 1.807) is 12.1 Å². The maximum absolute atomic E-state index is 13.8. The van der Waals surface area contributed by atoms with E-state index in [1.165, 1.54) is 0 Å². The molecule has 0 amide bonds. The molecule has 0 aromatic heterocycles. The number of rotatable bonds is 2. The summed E-state index contributed by atoms with van der Waals surface area (Å²) in [6, 6.07) is 7.33. The van der Waals surface area contributed by atoms with Crippen molar-refractivity contribution >= 4 is 54.5 Å². The first kappa shape index (κ1) is 15.3. The van der Waals surface area contributed by atoms with Gasteiger partial charge in [-0.05, 0) is 68.9 Å². The zero-order valence-corrected chi connectivity index (χ0v) is 14.6. The molecule has 0 heterocycles. The lowest BCUT2D eigenvalue weighted by Crippen LogP contribution is -2.05. The molecule has 2 rings (SSSR count). The van der Waals surface area contributed by atoms with Crippen LogP contribution in [0.5, 0.6) is 0 Å². The highest BCUT2D eigenvalue weighted by atomic mass is 127. The van der Waals surface area contributed by atoms with E-state index in [4.69, 9.17) is 0 Å². The summed E-state index contributed by atoms with van der Waals surface area (Å²) in [5.41, 5.74) is 0.399. The lowest BCUT2D eigenvalue weighted by molar-refractivity contribution is 0.213. The predicted molar refractivity (Wildman–Crippen MR) is 85.0 cm³/mol. The lowest BCUT2D eigenvalue weighted by atomic mass is 10.0. The summed E-state index contributed by atoms with van der Waals surface area (Å²) in [7, 11) is 0. The van der Waals surface area contributed by atoms with Gasteiger partial charge in [-0.25, -0.2) is 8.78 Å². The van der Waals surface area contributed by atoms with Crippen LogP contribution in [-0.2, 0) is 0 Å². The van der Waals surface area contributed by atoms with E-state index in [0.717, 1.165) is 15.7 Å². The molecule has 0 saturated heterocycles. The Bertz CT molecular complexity index is 634. The van der Waals surface area contributed by atoms with Gasteiger partial charge < -0.3 is 5.11 Å². The van der Waals surface area contributed by atoms with Gasteiger partial charge in [-0.3, -0.25) is 0 Å². The Hall–Kier alpha value is -0.0500. The van der Waals surface area contributed by atoms with Gasteiger partial charge in [-0.15, -0.1) is 0 Å². The Morgan fingerprint density at radius 1 is 0.947 bits per heavy atom. The molecule has 6 heteroatoms. The van der Waals surface area contributed by atoms with Crippen LogP contribution in [0.15, 0.2) is 39.3 Å². The second-order valence-corrected chi connectivity index (χ2v) is 6.81. The summed E-state index contributed by atoms with van der Waals surface area (Å²) in [5, 5.41) is 10.2. The van der Waals surface area contributed by atoms with Crippen LogP contribution in [0.3, 0.4) is 0 Å². The molecular weight excluding hydrogens is 497 g/mol. The van der Waals surface area contributed by atoms with E-state index in [0.29, 0.717) is 10.0 Å². The molecule has 0 bridgehead atoms. The van der Waals surface area contributed by atoms with Crippen LogP contribution in [0.1, 0.15) is 17.2 Å². The standard InChI is InChI=1S/C13H7Br2F2IO/c14-9-2-1-6(18)3-7(9)13(19)8-4-12(17)10(15)5-11(8)16/h1-5,13,19H. The number of hydrogen-bond donors (Lipinski definition) is 1. The van der Waals surface area contributed by atoms with Crippen molar-refractivity contribution < 1.29 is 13.9 Å². The van der Waals surface area contributed by atoms with Crippen molar-refractivity contribution in [2.75, 3.05) is 0 Å². The second kappa shape index (κ2) is 6.15. The van der Waals surface area contributed by atoms with Crippen LogP contribution in [0.2, 0.25) is 0 Å². The third-order valence-electron chi connectivity index (χ3n) is 2.59. The largest absolute Gasteiger partial charge is 0.384 e. The minimum Gasteiger partial charge on any atom is -0.384 e. The highest BCUT2D eigenvalue weighted by Gasteiger charge is 2.20. The van der Waals surface area contributed by atoms with Gasteiger partial charge >= 0.3 is 0 Å². The van der Waals surface area contributed by atoms with E-state index in [1.807, 2.05) is 6.07 Å². The molecule has 1 atom stereocenters. The molecule has 0 radical (unpaired) electrons. The molecule has 19 heavy (non-hydrogen) atoms. The minimum absolute atomic E-state index is 0.0302. The Morgan fingerprint density at radius 2 is 1.63 bits per heavy atom. The first-order valence-electron chi connectivity index (χ1n) is 5.17. The Balaban J connectivity index is 2.52. The van der Waals surface area contributed by atoms with Gasteiger partial charge in [0, 0.05) is 19.2 Å². The smallest absolute Gasteiger partial charge is 0.137 e. The second-order valence-electron chi connectivity index (χ2n) is 3.86. The lowest BCUT2D eigenvalue weighted by Gasteiger charge is -2.15.